The second kappa shape index (κ2) is 4.31. The van der Waals surface area contributed by atoms with Crippen molar-refractivity contribution in [2.45, 2.75) is 6.92 Å². The number of nitrogen functional groups attached to an aromatic ring is 1. The minimum Gasteiger partial charge on any atom is -0.461 e. The molecule has 2 rings (SSSR count). The van der Waals surface area contributed by atoms with Crippen LogP contribution in [0.1, 0.15) is 17.4 Å². The molecule has 0 saturated heterocycles. The number of thiazole rings is 1. The van der Waals surface area contributed by atoms with Crippen LogP contribution >= 0.6 is 11.3 Å². The van der Waals surface area contributed by atoms with E-state index in [1.54, 1.807) is 18.6 Å². The van der Waals surface area contributed by atoms with Crippen molar-refractivity contribution in [2.24, 2.45) is 0 Å². The maximum atomic E-state index is 11.4. The molecule has 0 saturated carbocycles. The van der Waals surface area contributed by atoms with E-state index in [0.29, 0.717) is 4.88 Å². The molecule has 0 spiro atoms. The molecule has 0 fully saturated rings. The number of hydrogen-bond acceptors (Lipinski definition) is 7. The topological polar surface area (TPSA) is 91.2 Å². The van der Waals surface area contributed by atoms with Crippen LogP contribution in [0.25, 0.3) is 10.8 Å². The van der Waals surface area contributed by atoms with Crippen molar-refractivity contribution in [1.82, 2.24) is 9.97 Å². The lowest BCUT2D eigenvalue weighted by molar-refractivity contribution is 0.0521. The van der Waals surface area contributed by atoms with Gasteiger partial charge in [-0.2, -0.15) is 4.98 Å². The van der Waals surface area contributed by atoms with Gasteiger partial charge >= 0.3 is 5.97 Å². The summed E-state index contributed by atoms with van der Waals surface area (Å²) < 4.78 is 9.95. The summed E-state index contributed by atoms with van der Waals surface area (Å²) in [6.07, 6.45) is 1.59. The van der Waals surface area contributed by atoms with E-state index in [4.69, 9.17) is 14.9 Å². The van der Waals surface area contributed by atoms with Crippen molar-refractivity contribution in [2.75, 3.05) is 12.3 Å². The molecular formula is C9H9N3O3S. The Morgan fingerprint density at radius 1 is 1.69 bits per heavy atom. The molecule has 2 aromatic heterocycles. The Morgan fingerprint density at radius 2 is 2.50 bits per heavy atom. The van der Waals surface area contributed by atoms with Crippen LogP contribution in [0.3, 0.4) is 0 Å². The van der Waals surface area contributed by atoms with Gasteiger partial charge in [-0.25, -0.2) is 4.79 Å². The fourth-order valence-corrected chi connectivity index (χ4v) is 1.65. The second-order valence-corrected chi connectivity index (χ2v) is 3.70. The van der Waals surface area contributed by atoms with Crippen molar-refractivity contribution in [3.05, 3.63) is 17.4 Å². The van der Waals surface area contributed by atoms with E-state index in [0.717, 1.165) is 0 Å². The fraction of sp³-hybridized carbons (Fsp3) is 0.222. The number of esters is 1. The molecule has 0 radical (unpaired) electrons. The van der Waals surface area contributed by atoms with Crippen molar-refractivity contribution in [1.29, 1.82) is 0 Å². The van der Waals surface area contributed by atoms with Gasteiger partial charge in [0.25, 0.3) is 0 Å². The summed E-state index contributed by atoms with van der Waals surface area (Å²) >= 11 is 1.35. The van der Waals surface area contributed by atoms with Gasteiger partial charge in [-0.1, -0.05) is 0 Å². The van der Waals surface area contributed by atoms with Crippen LogP contribution in [0.2, 0.25) is 0 Å². The van der Waals surface area contributed by atoms with Gasteiger partial charge in [0.15, 0.2) is 0 Å². The zero-order chi connectivity index (χ0) is 11.5. The Morgan fingerprint density at radius 3 is 3.12 bits per heavy atom. The number of oxazole rings is 1. The van der Waals surface area contributed by atoms with Gasteiger partial charge in [0.1, 0.15) is 4.88 Å². The first-order chi connectivity index (χ1) is 7.72. The minimum absolute atomic E-state index is 0.00486. The number of ether oxygens (including phenoxy) is 1. The van der Waals surface area contributed by atoms with Crippen LogP contribution in [0.15, 0.2) is 16.1 Å². The molecular weight excluding hydrogens is 230 g/mol. The molecule has 0 aromatic carbocycles. The first kappa shape index (κ1) is 10.6. The molecule has 2 aromatic rings. The molecule has 16 heavy (non-hydrogen) atoms. The molecule has 0 bridgehead atoms. The Bertz CT molecular complexity index is 492. The maximum Gasteiger partial charge on any atom is 0.362 e. The highest BCUT2D eigenvalue weighted by Crippen LogP contribution is 2.26. The lowest BCUT2D eigenvalue weighted by atomic mass is 10.4. The molecule has 0 aliphatic heterocycles. The van der Waals surface area contributed by atoms with Crippen molar-refractivity contribution >= 4 is 23.2 Å². The third kappa shape index (κ3) is 1.89. The van der Waals surface area contributed by atoms with Crippen molar-refractivity contribution in [3.8, 4) is 10.8 Å². The van der Waals surface area contributed by atoms with E-state index in [1.165, 1.54) is 11.3 Å². The maximum absolute atomic E-state index is 11.4. The minimum atomic E-state index is -0.584. The fourth-order valence-electron chi connectivity index (χ4n) is 1.10. The SMILES string of the molecule is CCOC(=O)c1nc(-c2cncs2)oc1N. The summed E-state index contributed by atoms with van der Waals surface area (Å²) in [6.45, 7) is 1.97. The first-order valence-electron chi connectivity index (χ1n) is 4.54. The molecule has 2 heterocycles. The quantitative estimate of drug-likeness (QED) is 0.817. The number of nitrogens with zero attached hydrogens (tertiary/aromatic N) is 2. The molecule has 0 atom stereocenters. The van der Waals surface area contributed by atoms with Crippen LogP contribution in [0.4, 0.5) is 5.88 Å². The largest absolute Gasteiger partial charge is 0.461 e. The average molecular weight is 239 g/mol. The van der Waals surface area contributed by atoms with Crippen LogP contribution in [0, 0.1) is 0 Å². The molecule has 84 valence electrons. The van der Waals surface area contributed by atoms with Crippen LogP contribution in [0.5, 0.6) is 0 Å². The number of rotatable bonds is 3. The normalized spacial score (nSPS) is 10.3. The average Bonchev–Trinajstić information content (AvgIpc) is 2.86. The summed E-state index contributed by atoms with van der Waals surface area (Å²) in [4.78, 5) is 20.0. The summed E-state index contributed by atoms with van der Waals surface area (Å²) in [6, 6.07) is 0. The smallest absolute Gasteiger partial charge is 0.362 e. The van der Waals surface area contributed by atoms with E-state index < -0.39 is 5.97 Å². The van der Waals surface area contributed by atoms with Crippen LogP contribution in [-0.4, -0.2) is 22.5 Å². The Labute approximate surface area is 95.1 Å². The van der Waals surface area contributed by atoms with Gasteiger partial charge in [-0.05, 0) is 6.92 Å². The van der Waals surface area contributed by atoms with E-state index in [2.05, 4.69) is 9.97 Å². The number of carbonyl (C=O) groups excluding carboxylic acids is 1. The van der Waals surface area contributed by atoms with Gasteiger partial charge in [-0.15, -0.1) is 11.3 Å². The Balaban J connectivity index is 2.32. The summed E-state index contributed by atoms with van der Waals surface area (Å²) in [7, 11) is 0. The Hall–Kier alpha value is -1.89. The number of nitrogens with two attached hydrogens (primary N) is 1. The van der Waals surface area contributed by atoms with Crippen molar-refractivity contribution < 1.29 is 13.9 Å². The highest BCUT2D eigenvalue weighted by atomic mass is 32.1. The van der Waals surface area contributed by atoms with Gasteiger partial charge in [0.05, 0.1) is 18.3 Å². The van der Waals surface area contributed by atoms with Gasteiger partial charge in [0.2, 0.25) is 17.5 Å². The number of aromatic nitrogens is 2. The highest BCUT2D eigenvalue weighted by molar-refractivity contribution is 7.13. The van der Waals surface area contributed by atoms with Gasteiger partial charge < -0.3 is 14.9 Å². The third-order valence-electron chi connectivity index (χ3n) is 1.77. The van der Waals surface area contributed by atoms with E-state index in [-0.39, 0.29) is 24.1 Å². The lowest BCUT2D eigenvalue weighted by Gasteiger charge is -1.96. The second-order valence-electron chi connectivity index (χ2n) is 2.82. The number of carbonyl (C=O) groups is 1. The van der Waals surface area contributed by atoms with E-state index in [9.17, 15) is 4.79 Å². The van der Waals surface area contributed by atoms with Crippen LogP contribution < -0.4 is 5.73 Å². The standard InChI is InChI=1S/C9H9N3O3S/c1-2-14-9(13)6-7(10)15-8(12-6)5-3-11-4-16-5/h3-4H,2,10H2,1H3. The molecule has 0 aliphatic carbocycles. The lowest BCUT2D eigenvalue weighted by Crippen LogP contribution is -2.07. The molecule has 2 N–H and O–H groups in total. The number of anilines is 1. The molecule has 0 unspecified atom stereocenters. The molecule has 0 amide bonds. The van der Waals surface area contributed by atoms with E-state index in [1.807, 2.05) is 0 Å². The van der Waals surface area contributed by atoms with Gasteiger partial charge in [0, 0.05) is 0 Å². The molecule has 0 aliphatic rings. The van der Waals surface area contributed by atoms with Crippen LogP contribution in [-0.2, 0) is 4.74 Å². The number of hydrogen-bond donors (Lipinski definition) is 1. The predicted molar refractivity (Wildman–Crippen MR) is 58.0 cm³/mol. The highest BCUT2D eigenvalue weighted by Gasteiger charge is 2.20. The summed E-state index contributed by atoms with van der Waals surface area (Å²) in [5.74, 6) is -0.343. The summed E-state index contributed by atoms with van der Waals surface area (Å²) in [5.41, 5.74) is 7.18. The van der Waals surface area contributed by atoms with Crippen molar-refractivity contribution in [3.63, 3.8) is 0 Å². The summed E-state index contributed by atoms with van der Waals surface area (Å²) in [5, 5.41) is 0. The molecule has 7 heteroatoms. The van der Waals surface area contributed by atoms with Gasteiger partial charge in [-0.3, -0.25) is 4.98 Å². The molecule has 6 nitrogen and oxygen atoms in total. The van der Waals surface area contributed by atoms with E-state index >= 15 is 0 Å². The zero-order valence-corrected chi connectivity index (χ0v) is 9.28. The first-order valence-corrected chi connectivity index (χ1v) is 5.42. The monoisotopic (exact) mass is 239 g/mol. The zero-order valence-electron chi connectivity index (χ0n) is 8.47. The third-order valence-corrected chi connectivity index (χ3v) is 2.53. The predicted octanol–water partition coefficient (Wildman–Crippen LogP) is 1.56. The Kier molecular flexibility index (Phi) is 2.86.